The summed E-state index contributed by atoms with van der Waals surface area (Å²) < 4.78 is 8.09. The second-order valence-corrected chi connectivity index (χ2v) is 8.79. The maximum absolute atomic E-state index is 5.90. The number of pyridine rings is 2. The van der Waals surface area contributed by atoms with Crippen LogP contribution in [0.25, 0.3) is 38.8 Å². The molecule has 6 aromatic rings. The molecule has 5 heteroatoms. The summed E-state index contributed by atoms with van der Waals surface area (Å²) in [5.74, 6) is 2.46. The van der Waals surface area contributed by atoms with Crippen molar-refractivity contribution in [3.05, 3.63) is 115 Å². The Bertz CT molecular complexity index is 1640. The number of ether oxygens (including phenoxy) is 1. The van der Waals surface area contributed by atoms with Gasteiger partial charge in [0.15, 0.2) is 0 Å². The van der Waals surface area contributed by atoms with Crippen LogP contribution < -0.4 is 4.74 Å². The monoisotopic (exact) mass is 648 g/mol. The van der Waals surface area contributed by atoms with Gasteiger partial charge in [-0.2, -0.15) is 24.3 Å². The summed E-state index contributed by atoms with van der Waals surface area (Å²) in [6, 6.07) is 35.4. The molecular weight excluding hydrogens is 625 g/mol. The zero-order valence-corrected chi connectivity index (χ0v) is 22.2. The summed E-state index contributed by atoms with van der Waals surface area (Å²) >= 11 is 0. The largest absolute Gasteiger partial charge is 2.00 e. The van der Waals surface area contributed by atoms with E-state index in [-0.39, 0.29) is 21.1 Å². The molecule has 0 bridgehead atoms. The van der Waals surface area contributed by atoms with Crippen molar-refractivity contribution < 1.29 is 25.8 Å². The van der Waals surface area contributed by atoms with Crippen LogP contribution in [0.5, 0.6) is 11.6 Å². The van der Waals surface area contributed by atoms with Crippen molar-refractivity contribution in [3.8, 4) is 28.6 Å². The molecule has 0 fully saturated rings. The van der Waals surface area contributed by atoms with E-state index in [9.17, 15) is 0 Å². The van der Waals surface area contributed by atoms with Crippen LogP contribution >= 0.6 is 0 Å². The van der Waals surface area contributed by atoms with Gasteiger partial charge in [-0.1, -0.05) is 49.6 Å². The summed E-state index contributed by atoms with van der Waals surface area (Å²) in [5, 5.41) is 2.32. The van der Waals surface area contributed by atoms with Crippen molar-refractivity contribution in [2.75, 3.05) is 0 Å². The van der Waals surface area contributed by atoms with Crippen LogP contribution in [-0.4, -0.2) is 14.5 Å². The minimum absolute atomic E-state index is 0. The van der Waals surface area contributed by atoms with Gasteiger partial charge in [-0.25, -0.2) is 21.1 Å². The molecule has 6 rings (SSSR count). The van der Waals surface area contributed by atoms with Crippen LogP contribution in [0.4, 0.5) is 0 Å². The quantitative estimate of drug-likeness (QED) is 0.180. The Morgan fingerprint density at radius 1 is 0.750 bits per heavy atom. The van der Waals surface area contributed by atoms with E-state index >= 15 is 0 Å². The van der Waals surface area contributed by atoms with E-state index in [1.165, 1.54) is 10.9 Å². The van der Waals surface area contributed by atoms with E-state index in [0.717, 1.165) is 33.4 Å². The molecule has 0 saturated carbocycles. The molecule has 0 aliphatic carbocycles. The minimum atomic E-state index is 0. The summed E-state index contributed by atoms with van der Waals surface area (Å²) in [6.07, 6.45) is 3.68. The molecule has 36 heavy (non-hydrogen) atoms. The van der Waals surface area contributed by atoms with Gasteiger partial charge in [0, 0.05) is 29.7 Å². The first kappa shape index (κ1) is 24.0. The van der Waals surface area contributed by atoms with E-state index in [2.05, 4.69) is 84.1 Å². The third kappa shape index (κ3) is 4.45. The normalized spacial score (nSPS) is 11.1. The fourth-order valence-corrected chi connectivity index (χ4v) is 4.34. The van der Waals surface area contributed by atoms with Gasteiger partial charge in [0.1, 0.15) is 5.82 Å². The second kappa shape index (κ2) is 10.1. The van der Waals surface area contributed by atoms with Crippen molar-refractivity contribution in [1.82, 2.24) is 14.5 Å². The maximum atomic E-state index is 5.90. The molecule has 3 heterocycles. The van der Waals surface area contributed by atoms with E-state index in [1.54, 1.807) is 6.20 Å². The van der Waals surface area contributed by atoms with Crippen LogP contribution in [0.15, 0.2) is 97.3 Å². The smallest absolute Gasteiger partial charge is 0.460 e. The zero-order chi connectivity index (χ0) is 23.8. The first-order valence-corrected chi connectivity index (χ1v) is 11.7. The molecule has 0 atom stereocenters. The van der Waals surface area contributed by atoms with E-state index in [0.29, 0.717) is 17.5 Å². The number of fused-ring (bicyclic) bond motifs is 3. The Kier molecular flexibility index (Phi) is 6.71. The molecule has 0 aliphatic heterocycles. The topological polar surface area (TPSA) is 39.9 Å². The van der Waals surface area contributed by atoms with Crippen LogP contribution in [0, 0.1) is 12.1 Å². The second-order valence-electron chi connectivity index (χ2n) is 8.79. The Morgan fingerprint density at radius 2 is 1.58 bits per heavy atom. The standard InChI is InChI=1S/C31H23N3O.Pt/c1-21(2)24-14-16-30(33-20-24)34-28-11-4-3-10-26(28)27-15-13-23(19-29(27)34)22-8-7-9-25(18-22)35-31-12-5-6-17-32-31;/h3-17,20-21H,1-2H3;/q-2;+2. The number of aromatic nitrogens is 3. The molecule has 178 valence electrons. The van der Waals surface area contributed by atoms with E-state index in [4.69, 9.17) is 9.72 Å². The van der Waals surface area contributed by atoms with Gasteiger partial charge in [-0.05, 0) is 40.6 Å². The van der Waals surface area contributed by atoms with Crippen molar-refractivity contribution in [2.45, 2.75) is 19.8 Å². The first-order chi connectivity index (χ1) is 17.2. The van der Waals surface area contributed by atoms with Gasteiger partial charge in [0.25, 0.3) is 0 Å². The van der Waals surface area contributed by atoms with Gasteiger partial charge in [-0.3, -0.25) is 0 Å². The Hall–Kier alpha value is -3.75. The molecule has 3 aromatic carbocycles. The SMILES string of the molecule is CC(C)c1ccc(-n2c3[c-]c(-c4[c-]c(Oc5ccccn5)ccc4)ccc3c3ccccc32)nc1.[Pt+2]. The van der Waals surface area contributed by atoms with Crippen molar-refractivity contribution in [2.24, 2.45) is 0 Å². The Labute approximate surface area is 224 Å². The van der Waals surface area contributed by atoms with Crippen molar-refractivity contribution in [1.29, 1.82) is 0 Å². The Morgan fingerprint density at radius 3 is 2.36 bits per heavy atom. The van der Waals surface area contributed by atoms with Gasteiger partial charge >= 0.3 is 21.1 Å². The van der Waals surface area contributed by atoms with Gasteiger partial charge in [-0.15, -0.1) is 18.2 Å². The number of hydrogen-bond acceptors (Lipinski definition) is 3. The predicted octanol–water partition coefficient (Wildman–Crippen LogP) is 7.75. The van der Waals surface area contributed by atoms with Gasteiger partial charge in [0.05, 0.1) is 0 Å². The summed E-state index contributed by atoms with van der Waals surface area (Å²) in [7, 11) is 0. The van der Waals surface area contributed by atoms with Crippen molar-refractivity contribution >= 4 is 21.8 Å². The van der Waals surface area contributed by atoms with Crippen LogP contribution in [0.1, 0.15) is 25.3 Å². The number of hydrogen-bond donors (Lipinski definition) is 0. The van der Waals surface area contributed by atoms with Gasteiger partial charge in [0.2, 0.25) is 5.88 Å². The predicted molar refractivity (Wildman–Crippen MR) is 140 cm³/mol. The van der Waals surface area contributed by atoms with E-state index in [1.807, 2.05) is 42.6 Å². The fraction of sp³-hybridized carbons (Fsp3) is 0.0968. The minimum Gasteiger partial charge on any atom is -0.460 e. The third-order valence-electron chi connectivity index (χ3n) is 6.16. The molecule has 0 N–H and O–H groups in total. The average Bonchev–Trinajstić information content (AvgIpc) is 3.23. The number of nitrogens with zero attached hydrogens (tertiary/aromatic N) is 3. The number of benzene rings is 3. The molecule has 0 saturated heterocycles. The number of para-hydroxylation sites is 1. The van der Waals surface area contributed by atoms with Crippen molar-refractivity contribution in [3.63, 3.8) is 0 Å². The average molecular weight is 649 g/mol. The summed E-state index contributed by atoms with van der Waals surface area (Å²) in [4.78, 5) is 9.06. The van der Waals surface area contributed by atoms with E-state index < -0.39 is 0 Å². The molecule has 0 aliphatic rings. The molecule has 0 unspecified atom stereocenters. The Balaban J connectivity index is 0.00000267. The summed E-state index contributed by atoms with van der Waals surface area (Å²) in [6.45, 7) is 4.36. The molecule has 0 spiro atoms. The molecular formula is C31H23N3OPt. The molecule has 3 aromatic heterocycles. The third-order valence-corrected chi connectivity index (χ3v) is 6.16. The molecule has 0 radical (unpaired) electrons. The fourth-order valence-electron chi connectivity index (χ4n) is 4.34. The van der Waals surface area contributed by atoms with Gasteiger partial charge < -0.3 is 9.30 Å². The number of rotatable bonds is 5. The van der Waals surface area contributed by atoms with Crippen LogP contribution in [0.2, 0.25) is 0 Å². The van der Waals surface area contributed by atoms with Crippen LogP contribution in [-0.2, 0) is 21.1 Å². The van der Waals surface area contributed by atoms with Crippen LogP contribution in [0.3, 0.4) is 0 Å². The first-order valence-electron chi connectivity index (χ1n) is 11.7. The maximum Gasteiger partial charge on any atom is 2.00 e. The summed E-state index contributed by atoms with van der Waals surface area (Å²) in [5.41, 5.74) is 5.15. The molecule has 0 amide bonds. The zero-order valence-electron chi connectivity index (χ0n) is 19.9. The molecule has 4 nitrogen and oxygen atoms in total.